The van der Waals surface area contributed by atoms with Crippen LogP contribution in [0.1, 0.15) is 5.56 Å². The summed E-state index contributed by atoms with van der Waals surface area (Å²) < 4.78 is 15.2. The van der Waals surface area contributed by atoms with Crippen LogP contribution in [0.15, 0.2) is 85.1 Å². The molecule has 4 aromatic rings. The van der Waals surface area contributed by atoms with Crippen molar-refractivity contribution in [1.82, 2.24) is 9.78 Å². The summed E-state index contributed by atoms with van der Waals surface area (Å²) in [5.74, 6) is -0.262. The lowest BCUT2D eigenvalue weighted by Crippen LogP contribution is -1.99. The number of para-hydroxylation sites is 1. The van der Waals surface area contributed by atoms with E-state index in [9.17, 15) is 4.39 Å². The smallest absolute Gasteiger partial charge is 0.123 e. The zero-order chi connectivity index (χ0) is 18.6. The molecule has 4 rings (SSSR count). The fraction of sp³-hybridized carbons (Fsp3) is 0.0455. The summed E-state index contributed by atoms with van der Waals surface area (Å²) in [6, 6.07) is 23.9. The zero-order valence-electron chi connectivity index (χ0n) is 14.4. The summed E-state index contributed by atoms with van der Waals surface area (Å²) in [5.41, 5.74) is 4.65. The normalized spacial score (nSPS) is 10.7. The highest BCUT2D eigenvalue weighted by Gasteiger charge is 2.12. The van der Waals surface area contributed by atoms with Gasteiger partial charge in [0.2, 0.25) is 0 Å². The summed E-state index contributed by atoms with van der Waals surface area (Å²) in [6.07, 6.45) is 2.00. The Morgan fingerprint density at radius 3 is 2.30 bits per heavy atom. The average Bonchev–Trinajstić information content (AvgIpc) is 3.13. The van der Waals surface area contributed by atoms with Crippen LogP contribution in [-0.2, 0) is 6.54 Å². The van der Waals surface area contributed by atoms with Gasteiger partial charge < -0.3 is 5.32 Å². The van der Waals surface area contributed by atoms with E-state index in [1.807, 2.05) is 65.5 Å². The number of benzene rings is 3. The minimum absolute atomic E-state index is 0.262. The number of halogens is 2. The first-order valence-corrected chi connectivity index (χ1v) is 8.96. The number of hydrogen-bond donors (Lipinski definition) is 1. The summed E-state index contributed by atoms with van der Waals surface area (Å²) in [6.45, 7) is 0.584. The van der Waals surface area contributed by atoms with E-state index in [-0.39, 0.29) is 5.82 Å². The largest absolute Gasteiger partial charge is 0.381 e. The van der Waals surface area contributed by atoms with Crippen LogP contribution in [0.5, 0.6) is 0 Å². The van der Waals surface area contributed by atoms with Gasteiger partial charge in [-0.25, -0.2) is 9.07 Å². The van der Waals surface area contributed by atoms with Crippen LogP contribution < -0.4 is 5.32 Å². The third-order valence-corrected chi connectivity index (χ3v) is 4.51. The Kier molecular flexibility index (Phi) is 4.90. The molecular formula is C22H17ClFN3. The Morgan fingerprint density at radius 2 is 1.59 bits per heavy atom. The number of nitrogens with zero attached hydrogens (tertiary/aromatic N) is 2. The van der Waals surface area contributed by atoms with E-state index in [1.54, 1.807) is 12.1 Å². The van der Waals surface area contributed by atoms with Crippen molar-refractivity contribution in [3.8, 4) is 16.9 Å². The van der Waals surface area contributed by atoms with Crippen LogP contribution in [0.2, 0.25) is 5.02 Å². The van der Waals surface area contributed by atoms with Crippen molar-refractivity contribution in [1.29, 1.82) is 0 Å². The van der Waals surface area contributed by atoms with Crippen LogP contribution in [0, 0.1) is 5.82 Å². The number of rotatable bonds is 5. The van der Waals surface area contributed by atoms with Gasteiger partial charge in [-0.15, -0.1) is 0 Å². The topological polar surface area (TPSA) is 29.9 Å². The van der Waals surface area contributed by atoms with Crippen molar-refractivity contribution in [2.24, 2.45) is 0 Å². The second kappa shape index (κ2) is 7.64. The molecule has 0 spiro atoms. The Balaban J connectivity index is 1.68. The number of hydrogen-bond acceptors (Lipinski definition) is 2. The molecule has 0 aliphatic carbocycles. The molecule has 3 aromatic carbocycles. The minimum atomic E-state index is -0.262. The molecule has 134 valence electrons. The summed E-state index contributed by atoms with van der Waals surface area (Å²) in [7, 11) is 0. The minimum Gasteiger partial charge on any atom is -0.381 e. The molecular weight excluding hydrogens is 361 g/mol. The molecule has 3 nitrogen and oxygen atoms in total. The fourth-order valence-electron chi connectivity index (χ4n) is 2.87. The first-order valence-electron chi connectivity index (χ1n) is 8.58. The molecule has 27 heavy (non-hydrogen) atoms. The molecule has 0 saturated carbocycles. The standard InChI is InChI=1S/C22H17ClFN3/c23-18-8-12-20(13-9-18)25-14-17-15-27(21-4-2-1-3-5-21)26-22(17)16-6-10-19(24)11-7-16/h1-13,15,25H,14H2. The van der Waals surface area contributed by atoms with Crippen molar-refractivity contribution < 1.29 is 4.39 Å². The predicted octanol–water partition coefficient (Wildman–Crippen LogP) is 5.94. The Morgan fingerprint density at radius 1 is 0.889 bits per heavy atom. The summed E-state index contributed by atoms with van der Waals surface area (Å²) in [4.78, 5) is 0. The van der Waals surface area contributed by atoms with Gasteiger partial charge in [0, 0.05) is 34.6 Å². The van der Waals surface area contributed by atoms with E-state index in [2.05, 4.69) is 5.32 Å². The van der Waals surface area contributed by atoms with E-state index >= 15 is 0 Å². The maximum absolute atomic E-state index is 13.3. The Hall–Kier alpha value is -3.11. The highest BCUT2D eigenvalue weighted by molar-refractivity contribution is 6.30. The molecule has 0 unspecified atom stereocenters. The van der Waals surface area contributed by atoms with Gasteiger partial charge in [-0.05, 0) is 60.7 Å². The maximum Gasteiger partial charge on any atom is 0.123 e. The van der Waals surface area contributed by atoms with Gasteiger partial charge in [0.1, 0.15) is 5.82 Å². The Bertz CT molecular complexity index is 1030. The summed E-state index contributed by atoms with van der Waals surface area (Å²) in [5, 5.41) is 8.83. The van der Waals surface area contributed by atoms with E-state index < -0.39 is 0 Å². The highest BCUT2D eigenvalue weighted by Crippen LogP contribution is 2.25. The fourth-order valence-corrected chi connectivity index (χ4v) is 2.99. The quantitative estimate of drug-likeness (QED) is 0.466. The van der Waals surface area contributed by atoms with Crippen LogP contribution in [-0.4, -0.2) is 9.78 Å². The molecule has 0 fully saturated rings. The molecule has 0 saturated heterocycles. The lowest BCUT2D eigenvalue weighted by molar-refractivity contribution is 0.628. The van der Waals surface area contributed by atoms with Crippen molar-refractivity contribution in [2.45, 2.75) is 6.54 Å². The molecule has 1 heterocycles. The molecule has 5 heteroatoms. The van der Waals surface area contributed by atoms with E-state index in [0.717, 1.165) is 28.2 Å². The molecule has 0 aliphatic rings. The summed E-state index contributed by atoms with van der Waals surface area (Å²) >= 11 is 5.95. The van der Waals surface area contributed by atoms with Crippen LogP contribution in [0.25, 0.3) is 16.9 Å². The molecule has 0 radical (unpaired) electrons. The van der Waals surface area contributed by atoms with Crippen LogP contribution in [0.3, 0.4) is 0 Å². The van der Waals surface area contributed by atoms with Gasteiger partial charge in [0.25, 0.3) is 0 Å². The third-order valence-electron chi connectivity index (χ3n) is 4.26. The van der Waals surface area contributed by atoms with Gasteiger partial charge in [0.15, 0.2) is 0 Å². The van der Waals surface area contributed by atoms with Crippen molar-refractivity contribution in [3.05, 3.63) is 101 Å². The number of aromatic nitrogens is 2. The van der Waals surface area contributed by atoms with Gasteiger partial charge in [0.05, 0.1) is 11.4 Å². The highest BCUT2D eigenvalue weighted by atomic mass is 35.5. The molecule has 0 aliphatic heterocycles. The molecule has 1 aromatic heterocycles. The first kappa shape index (κ1) is 17.3. The van der Waals surface area contributed by atoms with Gasteiger partial charge in [-0.3, -0.25) is 0 Å². The SMILES string of the molecule is Fc1ccc(-c2nn(-c3ccccc3)cc2CNc2ccc(Cl)cc2)cc1. The van der Waals surface area contributed by atoms with Gasteiger partial charge in [-0.1, -0.05) is 29.8 Å². The van der Waals surface area contributed by atoms with Gasteiger partial charge >= 0.3 is 0 Å². The molecule has 0 atom stereocenters. The second-order valence-electron chi connectivity index (χ2n) is 6.15. The third kappa shape index (κ3) is 4.01. The Labute approximate surface area is 162 Å². The molecule has 0 bridgehead atoms. The van der Waals surface area contributed by atoms with E-state index in [4.69, 9.17) is 16.7 Å². The maximum atomic E-state index is 13.3. The van der Waals surface area contributed by atoms with E-state index in [0.29, 0.717) is 11.6 Å². The number of anilines is 1. The second-order valence-corrected chi connectivity index (χ2v) is 6.59. The zero-order valence-corrected chi connectivity index (χ0v) is 15.2. The van der Waals surface area contributed by atoms with E-state index in [1.165, 1.54) is 12.1 Å². The van der Waals surface area contributed by atoms with Crippen molar-refractivity contribution in [3.63, 3.8) is 0 Å². The average molecular weight is 378 g/mol. The lowest BCUT2D eigenvalue weighted by Gasteiger charge is -2.07. The monoisotopic (exact) mass is 377 g/mol. The molecule has 0 amide bonds. The number of nitrogens with one attached hydrogen (secondary N) is 1. The van der Waals surface area contributed by atoms with Crippen molar-refractivity contribution >= 4 is 17.3 Å². The molecule has 1 N–H and O–H groups in total. The lowest BCUT2D eigenvalue weighted by atomic mass is 10.1. The predicted molar refractivity (Wildman–Crippen MR) is 108 cm³/mol. The van der Waals surface area contributed by atoms with Crippen LogP contribution >= 0.6 is 11.6 Å². The van der Waals surface area contributed by atoms with Gasteiger partial charge in [-0.2, -0.15) is 5.10 Å². The van der Waals surface area contributed by atoms with Crippen molar-refractivity contribution in [2.75, 3.05) is 5.32 Å². The van der Waals surface area contributed by atoms with Crippen LogP contribution in [0.4, 0.5) is 10.1 Å². The first-order chi connectivity index (χ1) is 13.2.